The highest BCUT2D eigenvalue weighted by atomic mass is 32.2. The molecule has 3 aromatic rings. The molecule has 0 unspecified atom stereocenters. The lowest BCUT2D eigenvalue weighted by Crippen LogP contribution is -2.27. The van der Waals surface area contributed by atoms with Crippen molar-refractivity contribution in [1.82, 2.24) is 10.2 Å². The second-order valence-electron chi connectivity index (χ2n) is 8.17. The molecule has 0 fully saturated rings. The van der Waals surface area contributed by atoms with Crippen LogP contribution in [0.1, 0.15) is 42.3 Å². The van der Waals surface area contributed by atoms with E-state index in [0.29, 0.717) is 22.4 Å². The minimum atomic E-state index is -0.481. The van der Waals surface area contributed by atoms with Crippen LogP contribution in [0.15, 0.2) is 52.1 Å². The van der Waals surface area contributed by atoms with E-state index in [1.807, 2.05) is 52.8 Å². The van der Waals surface area contributed by atoms with Gasteiger partial charge in [0.1, 0.15) is 0 Å². The van der Waals surface area contributed by atoms with Crippen molar-refractivity contribution < 1.29 is 14.0 Å². The van der Waals surface area contributed by atoms with Crippen molar-refractivity contribution in [2.24, 2.45) is 5.41 Å². The van der Waals surface area contributed by atoms with Gasteiger partial charge < -0.3 is 9.73 Å². The number of benzene rings is 2. The molecule has 30 heavy (non-hydrogen) atoms. The fraction of sp³-hybridized carbons (Fsp3) is 0.304. The summed E-state index contributed by atoms with van der Waals surface area (Å²) >= 11 is 1.20. The van der Waals surface area contributed by atoms with Gasteiger partial charge in [-0.15, -0.1) is 10.2 Å². The van der Waals surface area contributed by atoms with Gasteiger partial charge in [-0.2, -0.15) is 0 Å². The highest BCUT2D eigenvalue weighted by Crippen LogP contribution is 2.25. The number of anilines is 1. The summed E-state index contributed by atoms with van der Waals surface area (Å²) in [6.45, 7) is 9.62. The zero-order valence-corrected chi connectivity index (χ0v) is 18.6. The van der Waals surface area contributed by atoms with Crippen LogP contribution < -0.4 is 5.32 Å². The van der Waals surface area contributed by atoms with E-state index in [4.69, 9.17) is 4.42 Å². The van der Waals surface area contributed by atoms with Crippen molar-refractivity contribution in [2.75, 3.05) is 11.1 Å². The van der Waals surface area contributed by atoms with E-state index in [-0.39, 0.29) is 17.4 Å². The number of thioether (sulfide) groups is 1. The molecule has 2 aromatic carbocycles. The summed E-state index contributed by atoms with van der Waals surface area (Å²) in [6.07, 6.45) is 0. The number of hydrogen-bond acceptors (Lipinski definition) is 6. The Labute approximate surface area is 180 Å². The number of carbonyl (C=O) groups excluding carboxylic acids is 2. The zero-order chi connectivity index (χ0) is 21.9. The monoisotopic (exact) mass is 423 g/mol. The molecule has 1 heterocycles. The van der Waals surface area contributed by atoms with E-state index in [9.17, 15) is 9.59 Å². The molecule has 0 saturated heterocycles. The number of nitrogens with zero attached hydrogens (tertiary/aromatic N) is 2. The number of nitrogens with one attached hydrogen (secondary N) is 1. The Hall–Kier alpha value is -2.93. The highest BCUT2D eigenvalue weighted by Gasteiger charge is 2.21. The molecule has 0 aliphatic carbocycles. The summed E-state index contributed by atoms with van der Waals surface area (Å²) < 4.78 is 5.69. The molecule has 1 aromatic heterocycles. The van der Waals surface area contributed by atoms with Crippen LogP contribution in [0.25, 0.3) is 11.5 Å². The molecule has 7 heteroatoms. The average Bonchev–Trinajstić information content (AvgIpc) is 3.17. The first-order chi connectivity index (χ1) is 14.1. The molecule has 1 N–H and O–H groups in total. The molecular weight excluding hydrogens is 398 g/mol. The number of hydrogen-bond donors (Lipinski definition) is 1. The van der Waals surface area contributed by atoms with Gasteiger partial charge in [-0.25, -0.2) is 0 Å². The summed E-state index contributed by atoms with van der Waals surface area (Å²) in [7, 11) is 0. The van der Waals surface area contributed by atoms with Crippen molar-refractivity contribution in [3.8, 4) is 11.5 Å². The van der Waals surface area contributed by atoms with Crippen LogP contribution in [-0.2, 0) is 4.79 Å². The highest BCUT2D eigenvalue weighted by molar-refractivity contribution is 7.99. The molecule has 156 valence electrons. The molecule has 0 aliphatic rings. The third kappa shape index (κ3) is 5.36. The van der Waals surface area contributed by atoms with Crippen molar-refractivity contribution in [2.45, 2.75) is 39.8 Å². The molecular formula is C23H25N3O3S. The van der Waals surface area contributed by atoms with Crippen LogP contribution in [0.3, 0.4) is 0 Å². The van der Waals surface area contributed by atoms with E-state index in [1.165, 1.54) is 17.3 Å². The first kappa shape index (κ1) is 21.8. The predicted octanol–water partition coefficient (Wildman–Crippen LogP) is 5.31. The van der Waals surface area contributed by atoms with Gasteiger partial charge in [0.25, 0.3) is 5.22 Å². The van der Waals surface area contributed by atoms with Gasteiger partial charge in [0.05, 0.1) is 5.75 Å². The van der Waals surface area contributed by atoms with Gasteiger partial charge in [-0.3, -0.25) is 9.59 Å². The van der Waals surface area contributed by atoms with E-state index in [0.717, 1.165) is 11.1 Å². The quantitative estimate of drug-likeness (QED) is 0.427. The maximum absolute atomic E-state index is 12.5. The molecule has 0 radical (unpaired) electrons. The van der Waals surface area contributed by atoms with Crippen LogP contribution in [0.2, 0.25) is 0 Å². The number of rotatable bonds is 6. The van der Waals surface area contributed by atoms with Gasteiger partial charge in [-0.05, 0) is 61.4 Å². The third-order valence-electron chi connectivity index (χ3n) is 4.63. The lowest BCUT2D eigenvalue weighted by Gasteiger charge is -2.17. The minimum absolute atomic E-state index is 0.0559. The van der Waals surface area contributed by atoms with Crippen molar-refractivity contribution >= 4 is 29.1 Å². The number of amides is 1. The third-order valence-corrected chi connectivity index (χ3v) is 5.45. The second kappa shape index (κ2) is 8.83. The molecule has 1 amide bonds. The van der Waals surface area contributed by atoms with Gasteiger partial charge in [0.2, 0.25) is 11.8 Å². The first-order valence-corrected chi connectivity index (χ1v) is 10.6. The Bertz CT molecular complexity index is 1070. The van der Waals surface area contributed by atoms with Crippen LogP contribution in [0.4, 0.5) is 5.69 Å². The summed E-state index contributed by atoms with van der Waals surface area (Å²) in [5.74, 6) is 0.488. The van der Waals surface area contributed by atoms with E-state index in [1.54, 1.807) is 24.3 Å². The number of aromatic nitrogens is 2. The van der Waals surface area contributed by atoms with E-state index >= 15 is 0 Å². The molecule has 3 rings (SSSR count). The number of ketones is 1. The van der Waals surface area contributed by atoms with Crippen molar-refractivity contribution in [1.29, 1.82) is 0 Å². The summed E-state index contributed by atoms with van der Waals surface area (Å²) in [4.78, 5) is 24.5. The zero-order valence-electron chi connectivity index (χ0n) is 17.8. The Morgan fingerprint density at radius 1 is 1.00 bits per heavy atom. The predicted molar refractivity (Wildman–Crippen MR) is 119 cm³/mol. The van der Waals surface area contributed by atoms with Gasteiger partial charge in [-0.1, -0.05) is 38.6 Å². The smallest absolute Gasteiger partial charge is 0.277 e. The average molecular weight is 424 g/mol. The normalized spacial score (nSPS) is 11.4. The number of Topliss-reactive ketones (excluding diaryl/α,β-unsaturated/α-hetero) is 1. The van der Waals surface area contributed by atoms with Gasteiger partial charge in [0, 0.05) is 22.2 Å². The van der Waals surface area contributed by atoms with Crippen LogP contribution in [0, 0.1) is 19.3 Å². The molecule has 0 atom stereocenters. The second-order valence-corrected chi connectivity index (χ2v) is 9.09. The Morgan fingerprint density at radius 2 is 1.70 bits per heavy atom. The lowest BCUT2D eigenvalue weighted by molar-refractivity contribution is -0.123. The van der Waals surface area contributed by atoms with Crippen LogP contribution in [-0.4, -0.2) is 27.6 Å². The maximum atomic E-state index is 12.5. The standard InChI is InChI=1S/C23H25N3O3S/c1-14-6-7-17(12-15(14)2)20-25-26-22(29-20)30-13-19(27)16-8-10-18(11-9-16)24-21(28)23(3,4)5/h6-12H,13H2,1-5H3,(H,24,28). The molecule has 0 spiro atoms. The molecule has 0 aliphatic heterocycles. The van der Waals surface area contributed by atoms with Crippen LogP contribution in [0.5, 0.6) is 0 Å². The molecule has 6 nitrogen and oxygen atoms in total. The van der Waals surface area contributed by atoms with E-state index in [2.05, 4.69) is 15.5 Å². The van der Waals surface area contributed by atoms with Crippen molar-refractivity contribution in [3.05, 3.63) is 59.2 Å². The fourth-order valence-corrected chi connectivity index (χ4v) is 3.19. The SMILES string of the molecule is Cc1ccc(-c2nnc(SCC(=O)c3ccc(NC(=O)C(C)(C)C)cc3)o2)cc1C. The Kier molecular flexibility index (Phi) is 6.41. The largest absolute Gasteiger partial charge is 0.411 e. The maximum Gasteiger partial charge on any atom is 0.277 e. The Balaban J connectivity index is 1.59. The molecule has 0 saturated carbocycles. The summed E-state index contributed by atoms with van der Waals surface area (Å²) in [5.41, 5.74) is 3.95. The van der Waals surface area contributed by atoms with Gasteiger partial charge in [0.15, 0.2) is 5.78 Å². The number of carbonyl (C=O) groups is 2. The Morgan fingerprint density at radius 3 is 2.33 bits per heavy atom. The van der Waals surface area contributed by atoms with E-state index < -0.39 is 5.41 Å². The lowest BCUT2D eigenvalue weighted by atomic mass is 9.95. The topological polar surface area (TPSA) is 85.1 Å². The fourth-order valence-electron chi connectivity index (χ4n) is 2.53. The summed E-state index contributed by atoms with van der Waals surface area (Å²) in [5, 5.41) is 11.3. The molecule has 0 bridgehead atoms. The van der Waals surface area contributed by atoms with Gasteiger partial charge >= 0.3 is 0 Å². The first-order valence-electron chi connectivity index (χ1n) is 9.62. The number of aryl methyl sites for hydroxylation is 2. The van der Waals surface area contributed by atoms with Crippen molar-refractivity contribution in [3.63, 3.8) is 0 Å². The minimum Gasteiger partial charge on any atom is -0.411 e. The summed E-state index contributed by atoms with van der Waals surface area (Å²) in [6, 6.07) is 12.8. The van der Waals surface area contributed by atoms with Crippen LogP contribution >= 0.6 is 11.8 Å².